The standard InChI is InChI=1S/C16H13Br2Cl2F/c17-12-5-11(6-13(21)7-12)8-16(9-19,10-20)14-3-1-2-4-15(14)18/h1-7H,8-10H2. The molecule has 2 aromatic rings. The molecule has 0 aliphatic rings. The Bertz CT molecular complexity index is 607. The van der Waals surface area contributed by atoms with Crippen LogP contribution in [0.15, 0.2) is 51.4 Å². The van der Waals surface area contributed by atoms with E-state index in [1.54, 1.807) is 0 Å². The molecule has 0 atom stereocenters. The maximum Gasteiger partial charge on any atom is 0.124 e. The molecule has 112 valence electrons. The maximum absolute atomic E-state index is 13.6. The largest absolute Gasteiger partial charge is 0.207 e. The van der Waals surface area contributed by atoms with Crippen LogP contribution in [0.5, 0.6) is 0 Å². The summed E-state index contributed by atoms with van der Waals surface area (Å²) in [5, 5.41) is 0. The second kappa shape index (κ2) is 7.45. The molecular formula is C16H13Br2Cl2F. The van der Waals surface area contributed by atoms with Crippen LogP contribution in [0.3, 0.4) is 0 Å². The fourth-order valence-electron chi connectivity index (χ4n) is 2.36. The zero-order valence-electron chi connectivity index (χ0n) is 11.1. The molecule has 0 unspecified atom stereocenters. The van der Waals surface area contributed by atoms with Crippen LogP contribution < -0.4 is 0 Å². The van der Waals surface area contributed by atoms with E-state index in [9.17, 15) is 4.39 Å². The van der Waals surface area contributed by atoms with Gasteiger partial charge in [-0.3, -0.25) is 0 Å². The normalized spacial score (nSPS) is 11.7. The molecule has 0 saturated heterocycles. The first kappa shape index (κ1) is 17.3. The first-order valence-corrected chi connectivity index (χ1v) is 8.98. The van der Waals surface area contributed by atoms with Gasteiger partial charge in [-0.15, -0.1) is 23.2 Å². The average Bonchev–Trinajstić information content (AvgIpc) is 2.44. The number of halogens is 5. The molecule has 0 radical (unpaired) electrons. The monoisotopic (exact) mass is 452 g/mol. The highest BCUT2D eigenvalue weighted by molar-refractivity contribution is 9.10. The fraction of sp³-hybridized carbons (Fsp3) is 0.250. The van der Waals surface area contributed by atoms with Crippen molar-refractivity contribution in [3.8, 4) is 0 Å². The summed E-state index contributed by atoms with van der Waals surface area (Å²) in [6.07, 6.45) is 0.568. The SMILES string of the molecule is Fc1cc(Br)cc(CC(CCl)(CCl)c2ccccc2Br)c1. The molecule has 0 heterocycles. The third kappa shape index (κ3) is 4.01. The van der Waals surface area contributed by atoms with Crippen LogP contribution >= 0.6 is 55.1 Å². The number of rotatable bonds is 5. The fourth-order valence-corrected chi connectivity index (χ4v) is 4.35. The second-order valence-corrected chi connectivity index (χ2v) is 7.29. The summed E-state index contributed by atoms with van der Waals surface area (Å²) in [6.45, 7) is 0. The number of alkyl halides is 2. The summed E-state index contributed by atoms with van der Waals surface area (Å²) in [6, 6.07) is 12.7. The van der Waals surface area contributed by atoms with Gasteiger partial charge in [0.05, 0.1) is 0 Å². The first-order chi connectivity index (χ1) is 10.0. The molecule has 21 heavy (non-hydrogen) atoms. The minimum atomic E-state index is -0.448. The zero-order valence-corrected chi connectivity index (χ0v) is 15.7. The summed E-state index contributed by atoms with van der Waals surface area (Å²) >= 11 is 19.4. The van der Waals surface area contributed by atoms with E-state index in [4.69, 9.17) is 23.2 Å². The Morgan fingerprint density at radius 1 is 1.00 bits per heavy atom. The van der Waals surface area contributed by atoms with E-state index in [-0.39, 0.29) is 5.82 Å². The molecular weight excluding hydrogens is 442 g/mol. The van der Waals surface area contributed by atoms with E-state index in [0.717, 1.165) is 15.6 Å². The molecule has 2 rings (SSSR count). The van der Waals surface area contributed by atoms with Crippen LogP contribution in [0.1, 0.15) is 11.1 Å². The molecule has 2 aromatic carbocycles. The third-order valence-corrected chi connectivity index (χ3v) is 5.59. The van der Waals surface area contributed by atoms with E-state index < -0.39 is 5.41 Å². The molecule has 0 saturated carbocycles. The Morgan fingerprint density at radius 2 is 1.67 bits per heavy atom. The Morgan fingerprint density at radius 3 is 2.24 bits per heavy atom. The van der Waals surface area contributed by atoms with Gasteiger partial charge in [0.1, 0.15) is 5.82 Å². The second-order valence-electron chi connectivity index (χ2n) is 4.98. The van der Waals surface area contributed by atoms with Crippen LogP contribution in [-0.4, -0.2) is 11.8 Å². The Balaban J connectivity index is 2.45. The van der Waals surface area contributed by atoms with Gasteiger partial charge in [-0.1, -0.05) is 50.1 Å². The molecule has 0 aliphatic heterocycles. The molecule has 0 aliphatic carbocycles. The van der Waals surface area contributed by atoms with Gasteiger partial charge in [-0.25, -0.2) is 4.39 Å². The lowest BCUT2D eigenvalue weighted by Crippen LogP contribution is -2.33. The lowest BCUT2D eigenvalue weighted by atomic mass is 9.79. The van der Waals surface area contributed by atoms with Crippen molar-refractivity contribution < 1.29 is 4.39 Å². The zero-order chi connectivity index (χ0) is 15.5. The van der Waals surface area contributed by atoms with Crippen LogP contribution in [0, 0.1) is 5.82 Å². The van der Waals surface area contributed by atoms with E-state index in [1.807, 2.05) is 30.3 Å². The van der Waals surface area contributed by atoms with Crippen LogP contribution in [0.4, 0.5) is 4.39 Å². The number of benzene rings is 2. The lowest BCUT2D eigenvalue weighted by Gasteiger charge is -2.31. The number of hydrogen-bond acceptors (Lipinski definition) is 0. The highest BCUT2D eigenvalue weighted by Crippen LogP contribution is 2.36. The van der Waals surface area contributed by atoms with Crippen LogP contribution in [-0.2, 0) is 11.8 Å². The van der Waals surface area contributed by atoms with Gasteiger partial charge < -0.3 is 0 Å². The Hall–Kier alpha value is -0.0900. The highest BCUT2D eigenvalue weighted by Gasteiger charge is 2.32. The van der Waals surface area contributed by atoms with Crippen molar-refractivity contribution in [1.29, 1.82) is 0 Å². The smallest absolute Gasteiger partial charge is 0.124 e. The number of hydrogen-bond donors (Lipinski definition) is 0. The van der Waals surface area contributed by atoms with Crippen molar-refractivity contribution in [3.63, 3.8) is 0 Å². The molecule has 0 N–H and O–H groups in total. The van der Waals surface area contributed by atoms with Gasteiger partial charge in [-0.05, 0) is 41.8 Å². The molecule has 0 bridgehead atoms. The average molecular weight is 455 g/mol. The molecule has 0 spiro atoms. The maximum atomic E-state index is 13.6. The quantitative estimate of drug-likeness (QED) is 0.464. The van der Waals surface area contributed by atoms with E-state index in [0.29, 0.717) is 22.7 Å². The van der Waals surface area contributed by atoms with Crippen molar-refractivity contribution in [2.45, 2.75) is 11.8 Å². The minimum absolute atomic E-state index is 0.274. The minimum Gasteiger partial charge on any atom is -0.207 e. The van der Waals surface area contributed by atoms with Crippen LogP contribution in [0.25, 0.3) is 0 Å². The van der Waals surface area contributed by atoms with Crippen molar-refractivity contribution in [1.82, 2.24) is 0 Å². The predicted molar refractivity (Wildman–Crippen MR) is 95.1 cm³/mol. The van der Waals surface area contributed by atoms with E-state index in [2.05, 4.69) is 31.9 Å². The summed E-state index contributed by atoms with van der Waals surface area (Å²) < 4.78 is 15.3. The van der Waals surface area contributed by atoms with Gasteiger partial charge in [0.2, 0.25) is 0 Å². The molecule has 5 heteroatoms. The topological polar surface area (TPSA) is 0 Å². The van der Waals surface area contributed by atoms with E-state index in [1.165, 1.54) is 12.1 Å². The molecule has 0 aromatic heterocycles. The highest BCUT2D eigenvalue weighted by atomic mass is 79.9. The van der Waals surface area contributed by atoms with Crippen molar-refractivity contribution in [2.75, 3.05) is 11.8 Å². The van der Waals surface area contributed by atoms with Gasteiger partial charge in [-0.2, -0.15) is 0 Å². The van der Waals surface area contributed by atoms with Crippen molar-refractivity contribution in [2.24, 2.45) is 0 Å². The molecule has 0 nitrogen and oxygen atoms in total. The van der Waals surface area contributed by atoms with Crippen molar-refractivity contribution in [3.05, 3.63) is 68.4 Å². The predicted octanol–water partition coefficient (Wildman–Crippen LogP) is 6.31. The van der Waals surface area contributed by atoms with Gasteiger partial charge in [0.15, 0.2) is 0 Å². The van der Waals surface area contributed by atoms with Gasteiger partial charge >= 0.3 is 0 Å². The van der Waals surface area contributed by atoms with Gasteiger partial charge in [0, 0.05) is 26.1 Å². The lowest BCUT2D eigenvalue weighted by molar-refractivity contribution is 0.530. The summed E-state index contributed by atoms with van der Waals surface area (Å²) in [7, 11) is 0. The third-order valence-electron chi connectivity index (χ3n) is 3.42. The Kier molecular flexibility index (Phi) is 6.13. The summed E-state index contributed by atoms with van der Waals surface area (Å²) in [5.74, 6) is 0.435. The van der Waals surface area contributed by atoms with Gasteiger partial charge in [0.25, 0.3) is 0 Å². The van der Waals surface area contributed by atoms with Crippen LogP contribution in [0.2, 0.25) is 0 Å². The summed E-state index contributed by atoms with van der Waals surface area (Å²) in [5.41, 5.74) is 1.45. The Labute approximate surface area is 150 Å². The van der Waals surface area contributed by atoms with E-state index >= 15 is 0 Å². The van der Waals surface area contributed by atoms with Crippen molar-refractivity contribution >= 4 is 55.1 Å². The molecule has 0 amide bonds. The first-order valence-electron chi connectivity index (χ1n) is 6.33. The molecule has 0 fully saturated rings. The summed E-state index contributed by atoms with van der Waals surface area (Å²) in [4.78, 5) is 0.